The van der Waals surface area contributed by atoms with E-state index in [0.29, 0.717) is 0 Å². The van der Waals surface area contributed by atoms with Crippen LogP contribution in [0.1, 0.15) is 44.9 Å². The van der Waals surface area contributed by atoms with Crippen molar-refractivity contribution in [2.45, 2.75) is 49.8 Å². The van der Waals surface area contributed by atoms with Gasteiger partial charge in [0.25, 0.3) is 0 Å². The van der Waals surface area contributed by atoms with Crippen LogP contribution in [0.5, 0.6) is 0 Å². The van der Waals surface area contributed by atoms with Gasteiger partial charge in [-0.05, 0) is 24.7 Å². The van der Waals surface area contributed by atoms with E-state index in [1.165, 1.54) is 44.9 Å². The third-order valence-corrected chi connectivity index (χ3v) is 4.66. The summed E-state index contributed by atoms with van der Waals surface area (Å²) in [5.41, 5.74) is 0. The Bertz CT molecular complexity index is 119. The first-order valence-corrected chi connectivity index (χ1v) is 5.95. The first kappa shape index (κ1) is 8.10. The average molecular weight is 217 g/mol. The van der Waals surface area contributed by atoms with Gasteiger partial charge in [0.05, 0.1) is 0 Å². The Balaban J connectivity index is 1.83. The van der Waals surface area contributed by atoms with Crippen molar-refractivity contribution < 1.29 is 0 Å². The number of rotatable bonds is 0. The maximum atomic E-state index is 3.77. The SMILES string of the molecule is BrC1[C@H]2CCCCCCC[C@@H]12. The standard InChI is InChI=1S/C10H17Br/c11-10-8-6-4-2-1-3-5-7-9(8)10/h8-10H,1-7H2/t8-,9+,10?. The molecule has 0 radical (unpaired) electrons. The second-order valence-electron chi connectivity index (χ2n) is 4.12. The zero-order chi connectivity index (χ0) is 7.68. The Morgan fingerprint density at radius 1 is 0.727 bits per heavy atom. The predicted octanol–water partition coefficient (Wildman–Crippen LogP) is 3.74. The fourth-order valence-corrected chi connectivity index (χ4v) is 3.57. The van der Waals surface area contributed by atoms with Crippen molar-refractivity contribution in [3.63, 3.8) is 0 Å². The summed E-state index contributed by atoms with van der Waals surface area (Å²) in [6.07, 6.45) is 10.5. The van der Waals surface area contributed by atoms with Crippen LogP contribution in [-0.4, -0.2) is 4.83 Å². The van der Waals surface area contributed by atoms with E-state index in [0.717, 1.165) is 16.7 Å². The summed E-state index contributed by atoms with van der Waals surface area (Å²) in [5.74, 6) is 2.13. The van der Waals surface area contributed by atoms with E-state index < -0.39 is 0 Å². The van der Waals surface area contributed by atoms with E-state index in [-0.39, 0.29) is 0 Å². The molecule has 0 spiro atoms. The topological polar surface area (TPSA) is 0 Å². The summed E-state index contributed by atoms with van der Waals surface area (Å²) in [6, 6.07) is 0. The molecule has 1 heteroatoms. The van der Waals surface area contributed by atoms with Crippen LogP contribution in [0, 0.1) is 11.8 Å². The lowest BCUT2D eigenvalue weighted by atomic mass is 10.1. The lowest BCUT2D eigenvalue weighted by molar-refractivity contribution is 0.593. The fraction of sp³-hybridized carbons (Fsp3) is 1.00. The molecule has 0 aromatic heterocycles. The van der Waals surface area contributed by atoms with Gasteiger partial charge >= 0.3 is 0 Å². The van der Waals surface area contributed by atoms with Gasteiger partial charge in [0.2, 0.25) is 0 Å². The Labute approximate surface area is 77.9 Å². The van der Waals surface area contributed by atoms with E-state index >= 15 is 0 Å². The van der Waals surface area contributed by atoms with Crippen LogP contribution in [0.2, 0.25) is 0 Å². The molecule has 2 aliphatic rings. The van der Waals surface area contributed by atoms with E-state index in [1.807, 2.05) is 0 Å². The van der Waals surface area contributed by atoms with Gasteiger partial charge in [-0.15, -0.1) is 0 Å². The molecule has 0 heterocycles. The minimum Gasteiger partial charge on any atom is -0.0884 e. The molecule has 1 unspecified atom stereocenters. The summed E-state index contributed by atoms with van der Waals surface area (Å²) < 4.78 is 0. The van der Waals surface area contributed by atoms with Gasteiger partial charge in [0.15, 0.2) is 0 Å². The predicted molar refractivity (Wildman–Crippen MR) is 52.0 cm³/mol. The summed E-state index contributed by atoms with van der Waals surface area (Å²) in [6.45, 7) is 0. The van der Waals surface area contributed by atoms with Crippen molar-refractivity contribution in [2.75, 3.05) is 0 Å². The summed E-state index contributed by atoms with van der Waals surface area (Å²) in [5, 5.41) is 0. The highest BCUT2D eigenvalue weighted by Crippen LogP contribution is 2.51. The molecule has 0 aliphatic heterocycles. The summed E-state index contributed by atoms with van der Waals surface area (Å²) in [7, 11) is 0. The highest BCUT2D eigenvalue weighted by Gasteiger charge is 2.46. The van der Waals surface area contributed by atoms with E-state index in [4.69, 9.17) is 0 Å². The molecule has 2 fully saturated rings. The van der Waals surface area contributed by atoms with Crippen LogP contribution >= 0.6 is 15.9 Å². The van der Waals surface area contributed by atoms with Gasteiger partial charge in [0.1, 0.15) is 0 Å². The fourth-order valence-electron chi connectivity index (χ4n) is 2.44. The molecule has 2 saturated carbocycles. The minimum atomic E-state index is 0.903. The molecule has 2 rings (SSSR count). The zero-order valence-corrected chi connectivity index (χ0v) is 8.65. The normalized spacial score (nSPS) is 45.0. The lowest BCUT2D eigenvalue weighted by Gasteiger charge is -1.97. The van der Waals surface area contributed by atoms with Gasteiger partial charge < -0.3 is 0 Å². The molecule has 3 atom stereocenters. The van der Waals surface area contributed by atoms with Crippen molar-refractivity contribution in [2.24, 2.45) is 11.8 Å². The molecule has 0 bridgehead atoms. The molecular weight excluding hydrogens is 200 g/mol. The smallest absolute Gasteiger partial charge is 0.0208 e. The molecule has 0 N–H and O–H groups in total. The van der Waals surface area contributed by atoms with Crippen LogP contribution in [0.25, 0.3) is 0 Å². The lowest BCUT2D eigenvalue weighted by Crippen LogP contribution is -1.81. The minimum absolute atomic E-state index is 0.903. The largest absolute Gasteiger partial charge is 0.0884 e. The first-order chi connectivity index (χ1) is 5.39. The highest BCUT2D eigenvalue weighted by molar-refractivity contribution is 9.09. The molecule has 0 amide bonds. The average Bonchev–Trinajstić information content (AvgIpc) is 2.63. The van der Waals surface area contributed by atoms with Crippen molar-refractivity contribution in [3.05, 3.63) is 0 Å². The monoisotopic (exact) mass is 216 g/mol. The van der Waals surface area contributed by atoms with Gasteiger partial charge in [0, 0.05) is 4.83 Å². The summed E-state index contributed by atoms with van der Waals surface area (Å²) in [4.78, 5) is 0.903. The van der Waals surface area contributed by atoms with Crippen molar-refractivity contribution >= 4 is 15.9 Å². The second kappa shape index (κ2) is 3.47. The molecular formula is C10H17Br. The number of fused-ring (bicyclic) bond motifs is 1. The van der Waals surface area contributed by atoms with Crippen molar-refractivity contribution in [1.29, 1.82) is 0 Å². The van der Waals surface area contributed by atoms with Gasteiger partial charge in [-0.3, -0.25) is 0 Å². The van der Waals surface area contributed by atoms with E-state index in [2.05, 4.69) is 15.9 Å². The summed E-state index contributed by atoms with van der Waals surface area (Å²) >= 11 is 3.77. The quantitative estimate of drug-likeness (QED) is 0.542. The van der Waals surface area contributed by atoms with Crippen LogP contribution in [0.15, 0.2) is 0 Å². The maximum absolute atomic E-state index is 3.77. The second-order valence-corrected chi connectivity index (χ2v) is 5.17. The van der Waals surface area contributed by atoms with Gasteiger partial charge in [-0.2, -0.15) is 0 Å². The Morgan fingerprint density at radius 2 is 1.18 bits per heavy atom. The molecule has 0 aromatic carbocycles. The molecule has 0 saturated heterocycles. The molecule has 0 aromatic rings. The van der Waals surface area contributed by atoms with E-state index in [9.17, 15) is 0 Å². The van der Waals surface area contributed by atoms with Crippen LogP contribution < -0.4 is 0 Å². The maximum Gasteiger partial charge on any atom is 0.0208 e. The molecule has 11 heavy (non-hydrogen) atoms. The van der Waals surface area contributed by atoms with Crippen LogP contribution in [0.3, 0.4) is 0 Å². The van der Waals surface area contributed by atoms with E-state index in [1.54, 1.807) is 0 Å². The highest BCUT2D eigenvalue weighted by atomic mass is 79.9. The van der Waals surface area contributed by atoms with Crippen LogP contribution in [-0.2, 0) is 0 Å². The van der Waals surface area contributed by atoms with Crippen molar-refractivity contribution in [3.8, 4) is 0 Å². The molecule has 2 aliphatic carbocycles. The Hall–Kier alpha value is 0.480. The number of hydrogen-bond donors (Lipinski definition) is 0. The van der Waals surface area contributed by atoms with Gasteiger partial charge in [-0.1, -0.05) is 48.0 Å². The third kappa shape index (κ3) is 1.80. The molecule has 64 valence electrons. The Kier molecular flexibility index (Phi) is 2.55. The van der Waals surface area contributed by atoms with Crippen LogP contribution in [0.4, 0.5) is 0 Å². The van der Waals surface area contributed by atoms with Crippen molar-refractivity contribution in [1.82, 2.24) is 0 Å². The third-order valence-electron chi connectivity index (χ3n) is 3.30. The Morgan fingerprint density at radius 3 is 1.73 bits per heavy atom. The van der Waals surface area contributed by atoms with Gasteiger partial charge in [-0.25, -0.2) is 0 Å². The zero-order valence-electron chi connectivity index (χ0n) is 7.06. The number of hydrogen-bond acceptors (Lipinski definition) is 0. The number of halogens is 1. The first-order valence-electron chi connectivity index (χ1n) is 5.03. The number of alkyl halides is 1. The molecule has 0 nitrogen and oxygen atoms in total.